The Bertz CT molecular complexity index is 11.6. The van der Waals surface area contributed by atoms with Crippen molar-refractivity contribution in [1.29, 1.82) is 0 Å². The van der Waals surface area contributed by atoms with Crippen molar-refractivity contribution in [3.8, 4) is 0 Å². The van der Waals surface area contributed by atoms with E-state index in [1.165, 1.54) is 0 Å². The summed E-state index contributed by atoms with van der Waals surface area (Å²) in [5.41, 5.74) is 0. The van der Waals surface area contributed by atoms with Gasteiger partial charge in [0, 0.05) is 55.4 Å². The Labute approximate surface area is 126 Å². The van der Waals surface area contributed by atoms with Crippen molar-refractivity contribution < 1.29 is 41.1 Å². The van der Waals surface area contributed by atoms with Crippen LogP contribution in [0.2, 0.25) is 0 Å². The molecule has 0 bridgehead atoms. The van der Waals surface area contributed by atoms with E-state index in [0.717, 1.165) is 0 Å². The summed E-state index contributed by atoms with van der Waals surface area (Å²) >= 11 is 0. The Kier molecular flexibility index (Phi) is 175. The third-order valence-electron chi connectivity index (χ3n) is 0. The fourth-order valence-corrected chi connectivity index (χ4v) is 0. The van der Waals surface area contributed by atoms with Gasteiger partial charge in [0.15, 0.2) is 0 Å². The van der Waals surface area contributed by atoms with E-state index in [-0.39, 0.29) is 129 Å². The molecule has 0 aromatic carbocycles. The van der Waals surface area contributed by atoms with E-state index in [1.807, 2.05) is 0 Å². The molecule has 0 aliphatic carbocycles. The first kappa shape index (κ1) is 35.8. The van der Waals surface area contributed by atoms with E-state index >= 15 is 0 Å². The zero-order valence-electron chi connectivity index (χ0n) is 2.27. The molecule has 4 radical (unpaired) electrons. The first-order chi connectivity index (χ1) is 0. The molecule has 0 spiro atoms. The maximum absolute atomic E-state index is 0. The Balaban J connectivity index is 0. The summed E-state index contributed by atoms with van der Waals surface area (Å²) in [5.74, 6) is 0. The third kappa shape index (κ3) is 18.0. The molecule has 0 aliphatic rings. The molecule has 0 saturated carbocycles. The van der Waals surface area contributed by atoms with Crippen molar-refractivity contribution >= 4 is 88.3 Å². The molecule has 5 heteroatoms. The molecular formula is H2GaLaMgOSr. The zero-order chi connectivity index (χ0) is 0. The molecule has 0 aromatic rings. The fourth-order valence-electron chi connectivity index (χ4n) is 0. The Morgan fingerprint density at radius 1 is 1.00 bits per heavy atom. The summed E-state index contributed by atoms with van der Waals surface area (Å²) in [5, 5.41) is 0. The van der Waals surface area contributed by atoms with Gasteiger partial charge in [-0.25, -0.2) is 0 Å². The van der Waals surface area contributed by atoms with E-state index < -0.39 is 0 Å². The Hall–Kier alpha value is 4.04. The van der Waals surface area contributed by atoms with Gasteiger partial charge >= 0.3 is 68.5 Å². The van der Waals surface area contributed by atoms with Gasteiger partial charge in [-0.3, -0.25) is 0 Å². The predicted molar refractivity (Wildman–Crippen MR) is 20.7 cm³/mol. The van der Waals surface area contributed by atoms with Gasteiger partial charge in [-0.2, -0.15) is 0 Å². The molecule has 1 nitrogen and oxygen atoms in total. The summed E-state index contributed by atoms with van der Waals surface area (Å²) in [7, 11) is 0. The van der Waals surface area contributed by atoms with Crippen molar-refractivity contribution in [2.24, 2.45) is 0 Å². The van der Waals surface area contributed by atoms with Crippen LogP contribution in [0.15, 0.2) is 0 Å². The van der Waals surface area contributed by atoms with Gasteiger partial charge in [0.1, 0.15) is 0 Å². The van der Waals surface area contributed by atoms with Crippen LogP contribution in [0, 0.1) is 35.6 Å². The second kappa shape index (κ2) is 24.4. The maximum atomic E-state index is 0. The van der Waals surface area contributed by atoms with Crippen LogP contribution in [-0.4, -0.2) is 88.3 Å². The topological polar surface area (TPSA) is 28.5 Å². The first-order valence-corrected chi connectivity index (χ1v) is 0. The van der Waals surface area contributed by atoms with Gasteiger partial charge in [-0.05, 0) is 0 Å². The SMILES string of the molecule is [Ga].[La].[Mg+2].[O-2].[SrH2]. The molecular weight excluding hydrogens is 337 g/mol. The van der Waals surface area contributed by atoms with E-state index in [9.17, 15) is 0 Å². The quantitative estimate of drug-likeness (QED) is 0.467. The average Bonchev–Trinajstić information content (AvgIpc) is 0. The zero-order valence-corrected chi connectivity index (χ0v) is 9.73. The molecule has 0 saturated heterocycles. The van der Waals surface area contributed by atoms with E-state index in [1.54, 1.807) is 0 Å². The summed E-state index contributed by atoms with van der Waals surface area (Å²) in [4.78, 5) is 0. The molecule has 18 valence electrons. The minimum atomic E-state index is 0. The van der Waals surface area contributed by atoms with Crippen molar-refractivity contribution in [3.63, 3.8) is 0 Å². The van der Waals surface area contributed by atoms with Crippen LogP contribution in [0.4, 0.5) is 0 Å². The average molecular weight is 339 g/mol. The second-order valence-corrected chi connectivity index (χ2v) is 0. The minimum absolute atomic E-state index is 0. The van der Waals surface area contributed by atoms with Crippen molar-refractivity contribution in [3.05, 3.63) is 0 Å². The van der Waals surface area contributed by atoms with Crippen LogP contribution in [0.1, 0.15) is 0 Å². The predicted octanol–water partition coefficient (Wildman–Crippen LogP) is -1.80. The number of rotatable bonds is 0. The summed E-state index contributed by atoms with van der Waals surface area (Å²) in [6, 6.07) is 0. The van der Waals surface area contributed by atoms with Crippen LogP contribution >= 0.6 is 0 Å². The fraction of sp³-hybridized carbons (Fsp3) is 0. The molecule has 0 N–H and O–H groups in total. The normalized spacial score (nSPS) is 0. The van der Waals surface area contributed by atoms with Gasteiger partial charge in [-0.15, -0.1) is 0 Å². The molecule has 0 heterocycles. The third-order valence-corrected chi connectivity index (χ3v) is 0. The standard InChI is InChI=1S/Ga.La.Mg.O.Sr.2H/q;;+2;-2;;;. The van der Waals surface area contributed by atoms with E-state index in [4.69, 9.17) is 0 Å². The number of hydrogen-bond donors (Lipinski definition) is 0. The summed E-state index contributed by atoms with van der Waals surface area (Å²) < 4.78 is 0. The van der Waals surface area contributed by atoms with Crippen molar-refractivity contribution in [1.82, 2.24) is 0 Å². The van der Waals surface area contributed by atoms with Gasteiger partial charge in [0.05, 0.1) is 0 Å². The first-order valence-electron chi connectivity index (χ1n) is 0. The molecule has 0 fully saturated rings. The van der Waals surface area contributed by atoms with E-state index in [2.05, 4.69) is 0 Å². The Morgan fingerprint density at radius 3 is 1.00 bits per heavy atom. The molecule has 0 aromatic heterocycles. The van der Waals surface area contributed by atoms with Gasteiger partial charge in [-0.1, -0.05) is 0 Å². The van der Waals surface area contributed by atoms with Gasteiger partial charge in [0.2, 0.25) is 0 Å². The van der Waals surface area contributed by atoms with Crippen molar-refractivity contribution in [2.45, 2.75) is 0 Å². The second-order valence-electron chi connectivity index (χ2n) is 0. The van der Waals surface area contributed by atoms with Gasteiger partial charge in [0.25, 0.3) is 0 Å². The molecule has 0 aliphatic heterocycles. The van der Waals surface area contributed by atoms with Crippen LogP contribution in [-0.2, 0) is 5.48 Å². The van der Waals surface area contributed by atoms with Crippen LogP contribution in [0.3, 0.4) is 0 Å². The molecule has 0 unspecified atom stereocenters. The molecule has 0 atom stereocenters. The molecule has 5 heavy (non-hydrogen) atoms. The van der Waals surface area contributed by atoms with Crippen molar-refractivity contribution in [2.75, 3.05) is 0 Å². The summed E-state index contributed by atoms with van der Waals surface area (Å²) in [6.07, 6.45) is 0. The number of hydrogen-bond acceptors (Lipinski definition) is 0. The van der Waals surface area contributed by atoms with Crippen LogP contribution in [0.25, 0.3) is 0 Å². The monoisotopic (exact) mass is 338 g/mol. The van der Waals surface area contributed by atoms with Gasteiger partial charge < -0.3 is 5.48 Å². The molecule has 0 amide bonds. The van der Waals surface area contributed by atoms with E-state index in [0.29, 0.717) is 0 Å². The molecule has 0 rings (SSSR count). The summed E-state index contributed by atoms with van der Waals surface area (Å²) in [6.45, 7) is 0. The van der Waals surface area contributed by atoms with Crippen LogP contribution < -0.4 is 0 Å². The van der Waals surface area contributed by atoms with Crippen LogP contribution in [0.5, 0.6) is 0 Å². The Morgan fingerprint density at radius 2 is 1.00 bits per heavy atom.